The van der Waals surface area contributed by atoms with E-state index in [2.05, 4.69) is 32.0 Å². The van der Waals surface area contributed by atoms with Crippen LogP contribution in [0.1, 0.15) is 5.56 Å². The van der Waals surface area contributed by atoms with Gasteiger partial charge in [0.15, 0.2) is 0 Å². The van der Waals surface area contributed by atoms with Gasteiger partial charge in [-0.3, -0.25) is 0 Å². The molecule has 0 fully saturated rings. The van der Waals surface area contributed by atoms with Crippen molar-refractivity contribution < 1.29 is 4.39 Å². The van der Waals surface area contributed by atoms with Gasteiger partial charge in [-0.05, 0) is 40.2 Å². The molecule has 0 saturated carbocycles. The lowest BCUT2D eigenvalue weighted by atomic mass is 10.2. The van der Waals surface area contributed by atoms with E-state index in [1.165, 1.54) is 6.07 Å². The minimum absolute atomic E-state index is 0.364. The average molecular weight is 316 g/mol. The van der Waals surface area contributed by atoms with Crippen molar-refractivity contribution in [3.05, 3.63) is 52.3 Å². The highest BCUT2D eigenvalue weighted by atomic mass is 79.9. The third-order valence-electron chi connectivity index (χ3n) is 2.83. The van der Waals surface area contributed by atoms with E-state index in [1.807, 2.05) is 0 Å². The van der Waals surface area contributed by atoms with E-state index in [0.717, 1.165) is 0 Å². The summed E-state index contributed by atoms with van der Waals surface area (Å²) in [6.07, 6.45) is 0. The Morgan fingerprint density at radius 1 is 1.21 bits per heavy atom. The molecule has 0 aliphatic rings. The zero-order valence-electron chi connectivity index (χ0n) is 9.61. The topological polar surface area (TPSA) is 52.5 Å². The maximum Gasteiger partial charge on any atom is 0.142 e. The van der Waals surface area contributed by atoms with Crippen LogP contribution in [-0.2, 0) is 0 Å². The standard InChI is InChI=1S/C14H7BrFN3/c15-9-4-2-5-10(16)12(9)14-18-11-6-1-3-8(7-17)13(11)19-14/h1-6H,(H,18,19). The van der Waals surface area contributed by atoms with E-state index < -0.39 is 0 Å². The maximum absolute atomic E-state index is 13.9. The molecule has 1 N–H and O–H groups in total. The van der Waals surface area contributed by atoms with E-state index in [9.17, 15) is 4.39 Å². The maximum atomic E-state index is 13.9. The van der Waals surface area contributed by atoms with Crippen molar-refractivity contribution in [3.8, 4) is 17.5 Å². The van der Waals surface area contributed by atoms with Crippen LogP contribution < -0.4 is 0 Å². The molecule has 5 heteroatoms. The fourth-order valence-corrected chi connectivity index (χ4v) is 2.49. The Bertz CT molecular complexity index is 797. The molecule has 19 heavy (non-hydrogen) atoms. The third kappa shape index (κ3) is 1.90. The van der Waals surface area contributed by atoms with Crippen molar-refractivity contribution in [3.63, 3.8) is 0 Å². The van der Waals surface area contributed by atoms with E-state index in [0.29, 0.717) is 32.5 Å². The van der Waals surface area contributed by atoms with Gasteiger partial charge in [0.2, 0.25) is 0 Å². The highest BCUT2D eigenvalue weighted by molar-refractivity contribution is 9.10. The normalized spacial score (nSPS) is 10.6. The number of fused-ring (bicyclic) bond motifs is 1. The summed E-state index contributed by atoms with van der Waals surface area (Å²) in [5.41, 5.74) is 2.09. The Kier molecular flexibility index (Phi) is 2.80. The minimum atomic E-state index is -0.369. The predicted molar refractivity (Wildman–Crippen MR) is 73.9 cm³/mol. The Hall–Kier alpha value is -2.19. The second-order valence-electron chi connectivity index (χ2n) is 4.00. The van der Waals surface area contributed by atoms with Gasteiger partial charge in [-0.1, -0.05) is 12.1 Å². The number of aromatic amines is 1. The summed E-state index contributed by atoms with van der Waals surface area (Å²) in [5.74, 6) is 0.0367. The minimum Gasteiger partial charge on any atom is -0.338 e. The van der Waals surface area contributed by atoms with E-state index in [4.69, 9.17) is 5.26 Å². The van der Waals surface area contributed by atoms with Crippen molar-refractivity contribution >= 4 is 27.0 Å². The molecule has 0 radical (unpaired) electrons. The lowest BCUT2D eigenvalue weighted by molar-refractivity contribution is 0.629. The summed E-state index contributed by atoms with van der Waals surface area (Å²) in [7, 11) is 0. The van der Waals surface area contributed by atoms with Crippen LogP contribution >= 0.6 is 15.9 Å². The molecule has 3 rings (SSSR count). The van der Waals surface area contributed by atoms with Gasteiger partial charge < -0.3 is 4.98 Å². The first-order chi connectivity index (χ1) is 9.20. The fraction of sp³-hybridized carbons (Fsp3) is 0. The fourth-order valence-electron chi connectivity index (χ4n) is 1.96. The van der Waals surface area contributed by atoms with Crippen LogP contribution in [0.2, 0.25) is 0 Å². The first-order valence-electron chi connectivity index (χ1n) is 5.54. The van der Waals surface area contributed by atoms with Gasteiger partial charge in [0, 0.05) is 4.47 Å². The van der Waals surface area contributed by atoms with Gasteiger partial charge >= 0.3 is 0 Å². The van der Waals surface area contributed by atoms with E-state index >= 15 is 0 Å². The Balaban J connectivity index is 2.31. The van der Waals surface area contributed by atoms with Crippen LogP contribution in [-0.4, -0.2) is 9.97 Å². The van der Waals surface area contributed by atoms with Gasteiger partial charge in [-0.2, -0.15) is 5.26 Å². The summed E-state index contributed by atoms with van der Waals surface area (Å²) in [6, 6.07) is 12.1. The van der Waals surface area contributed by atoms with E-state index in [-0.39, 0.29) is 5.82 Å². The molecule has 0 bridgehead atoms. The van der Waals surface area contributed by atoms with Crippen LogP contribution in [0.5, 0.6) is 0 Å². The molecule has 0 saturated heterocycles. The molecule has 0 unspecified atom stereocenters. The number of nitrogens with zero attached hydrogens (tertiary/aromatic N) is 2. The van der Waals surface area contributed by atoms with Crippen LogP contribution in [0.15, 0.2) is 40.9 Å². The number of hydrogen-bond donors (Lipinski definition) is 1. The second-order valence-corrected chi connectivity index (χ2v) is 4.85. The summed E-state index contributed by atoms with van der Waals surface area (Å²) < 4.78 is 14.5. The molecule has 0 aliphatic heterocycles. The van der Waals surface area contributed by atoms with Crippen molar-refractivity contribution in [2.24, 2.45) is 0 Å². The number of imidazole rings is 1. The quantitative estimate of drug-likeness (QED) is 0.737. The average Bonchev–Trinajstić information content (AvgIpc) is 2.81. The molecular weight excluding hydrogens is 309 g/mol. The number of aromatic nitrogens is 2. The molecule has 92 valence electrons. The lowest BCUT2D eigenvalue weighted by Crippen LogP contribution is -1.87. The van der Waals surface area contributed by atoms with Gasteiger partial charge in [0.05, 0.1) is 16.6 Å². The molecule has 0 atom stereocenters. The van der Waals surface area contributed by atoms with Crippen LogP contribution in [0.3, 0.4) is 0 Å². The highest BCUT2D eigenvalue weighted by Gasteiger charge is 2.14. The van der Waals surface area contributed by atoms with Crippen molar-refractivity contribution in [2.45, 2.75) is 0 Å². The van der Waals surface area contributed by atoms with Gasteiger partial charge in [-0.25, -0.2) is 9.37 Å². The highest BCUT2D eigenvalue weighted by Crippen LogP contribution is 2.30. The first kappa shape index (κ1) is 11.9. The third-order valence-corrected chi connectivity index (χ3v) is 3.49. The van der Waals surface area contributed by atoms with Gasteiger partial charge in [0.1, 0.15) is 23.2 Å². The van der Waals surface area contributed by atoms with Crippen molar-refractivity contribution in [2.75, 3.05) is 0 Å². The molecular formula is C14H7BrFN3. The Morgan fingerprint density at radius 3 is 2.74 bits per heavy atom. The Labute approximate surface area is 116 Å². The molecule has 0 amide bonds. The molecule has 3 aromatic rings. The molecule has 0 spiro atoms. The number of halogens is 2. The summed E-state index contributed by atoms with van der Waals surface area (Å²) >= 11 is 3.31. The molecule has 1 heterocycles. The second kappa shape index (κ2) is 4.48. The zero-order chi connectivity index (χ0) is 13.4. The number of para-hydroxylation sites is 1. The molecule has 3 nitrogen and oxygen atoms in total. The number of benzene rings is 2. The summed E-state index contributed by atoms with van der Waals surface area (Å²) in [4.78, 5) is 7.36. The number of hydrogen-bond acceptors (Lipinski definition) is 2. The largest absolute Gasteiger partial charge is 0.338 e. The predicted octanol–water partition coefficient (Wildman–Crippen LogP) is 4.00. The molecule has 0 aliphatic carbocycles. The molecule has 2 aromatic carbocycles. The number of H-pyrrole nitrogens is 1. The number of nitriles is 1. The van der Waals surface area contributed by atoms with Gasteiger partial charge in [-0.15, -0.1) is 0 Å². The smallest absolute Gasteiger partial charge is 0.142 e. The first-order valence-corrected chi connectivity index (χ1v) is 6.33. The van der Waals surface area contributed by atoms with Crippen molar-refractivity contribution in [1.82, 2.24) is 9.97 Å². The molecule has 1 aromatic heterocycles. The number of rotatable bonds is 1. The van der Waals surface area contributed by atoms with Crippen LogP contribution in [0.4, 0.5) is 4.39 Å². The zero-order valence-corrected chi connectivity index (χ0v) is 11.2. The summed E-state index contributed by atoms with van der Waals surface area (Å²) in [5, 5.41) is 9.04. The van der Waals surface area contributed by atoms with E-state index in [1.54, 1.807) is 30.3 Å². The lowest BCUT2D eigenvalue weighted by Gasteiger charge is -2.01. The number of nitrogens with one attached hydrogen (secondary N) is 1. The monoisotopic (exact) mass is 315 g/mol. The van der Waals surface area contributed by atoms with Crippen LogP contribution in [0.25, 0.3) is 22.4 Å². The SMILES string of the molecule is N#Cc1cccc2[nH]c(-c3c(F)cccc3Br)nc12. The van der Waals surface area contributed by atoms with Crippen LogP contribution in [0, 0.1) is 17.1 Å². The van der Waals surface area contributed by atoms with Crippen molar-refractivity contribution in [1.29, 1.82) is 5.26 Å². The summed E-state index contributed by atoms with van der Waals surface area (Å²) in [6.45, 7) is 0. The Morgan fingerprint density at radius 2 is 2.00 bits per heavy atom. The van der Waals surface area contributed by atoms with Gasteiger partial charge in [0.25, 0.3) is 0 Å².